The summed E-state index contributed by atoms with van der Waals surface area (Å²) in [6.07, 6.45) is 10.2. The molecule has 0 fully saturated rings. The normalized spacial score (nSPS) is 26.4. The minimum absolute atomic E-state index is 0.249. The molecule has 48 valence electrons. The van der Waals surface area contributed by atoms with E-state index in [1.807, 2.05) is 12.2 Å². The van der Waals surface area contributed by atoms with Crippen LogP contribution in [0.25, 0.3) is 0 Å². The van der Waals surface area contributed by atoms with Crippen molar-refractivity contribution in [2.75, 3.05) is 0 Å². The van der Waals surface area contributed by atoms with Crippen molar-refractivity contribution in [1.82, 2.24) is 0 Å². The Morgan fingerprint density at radius 2 is 2.22 bits per heavy atom. The lowest BCUT2D eigenvalue weighted by Crippen LogP contribution is -1.92. The molecule has 1 nitrogen and oxygen atoms in total. The highest BCUT2D eigenvalue weighted by Crippen LogP contribution is 2.01. The van der Waals surface area contributed by atoms with Crippen molar-refractivity contribution in [2.45, 2.75) is 19.3 Å². The molecule has 0 heterocycles. The lowest BCUT2D eigenvalue weighted by molar-refractivity contribution is -0.114. The predicted octanol–water partition coefficient (Wildman–Crippen LogP) is 1.85. The van der Waals surface area contributed by atoms with Crippen molar-refractivity contribution >= 4 is 5.78 Å². The summed E-state index contributed by atoms with van der Waals surface area (Å²) in [7, 11) is 0. The van der Waals surface area contributed by atoms with Crippen LogP contribution in [0, 0.1) is 0 Å². The van der Waals surface area contributed by atoms with Gasteiger partial charge in [0, 0.05) is 6.42 Å². The molecule has 0 aromatic heterocycles. The first-order valence-corrected chi connectivity index (χ1v) is 3.25. The van der Waals surface area contributed by atoms with Crippen molar-refractivity contribution in [3.63, 3.8) is 0 Å². The first-order valence-electron chi connectivity index (χ1n) is 3.25. The topological polar surface area (TPSA) is 17.1 Å². The average molecular weight is 122 g/mol. The molecule has 0 radical (unpaired) electrons. The van der Waals surface area contributed by atoms with Crippen LogP contribution in [-0.2, 0) is 4.79 Å². The molecule has 0 N–H and O–H groups in total. The van der Waals surface area contributed by atoms with E-state index in [0.717, 1.165) is 12.8 Å². The summed E-state index contributed by atoms with van der Waals surface area (Å²) in [5.41, 5.74) is 0. The monoisotopic (exact) mass is 122 g/mol. The maximum absolute atomic E-state index is 10.7. The summed E-state index contributed by atoms with van der Waals surface area (Å²) in [6.45, 7) is 0. The van der Waals surface area contributed by atoms with Gasteiger partial charge in [-0.05, 0) is 18.9 Å². The SMILES string of the molecule is O=C1/C=C/C=C\CCC1. The summed E-state index contributed by atoms with van der Waals surface area (Å²) in [5.74, 6) is 0.249. The molecule has 0 unspecified atom stereocenters. The van der Waals surface area contributed by atoms with Crippen molar-refractivity contribution in [3.05, 3.63) is 24.3 Å². The minimum Gasteiger partial charge on any atom is -0.295 e. The molecule has 0 aromatic carbocycles. The Bertz CT molecular complexity index is 154. The molecule has 1 heteroatoms. The largest absolute Gasteiger partial charge is 0.295 e. The summed E-state index contributed by atoms with van der Waals surface area (Å²) < 4.78 is 0. The zero-order chi connectivity index (χ0) is 6.53. The van der Waals surface area contributed by atoms with E-state index in [4.69, 9.17) is 0 Å². The maximum atomic E-state index is 10.7. The van der Waals surface area contributed by atoms with Crippen LogP contribution < -0.4 is 0 Å². The fraction of sp³-hybridized carbons (Fsp3) is 0.375. The zero-order valence-electron chi connectivity index (χ0n) is 5.34. The average Bonchev–Trinajstić information content (AvgIpc) is 1.79. The smallest absolute Gasteiger partial charge is 0.155 e. The summed E-state index contributed by atoms with van der Waals surface area (Å²) in [4.78, 5) is 10.7. The fourth-order valence-corrected chi connectivity index (χ4v) is 0.815. The van der Waals surface area contributed by atoms with E-state index in [1.165, 1.54) is 0 Å². The molecule has 0 bridgehead atoms. The molecule has 0 amide bonds. The highest BCUT2D eigenvalue weighted by atomic mass is 16.1. The predicted molar refractivity (Wildman–Crippen MR) is 37.1 cm³/mol. The van der Waals surface area contributed by atoms with Gasteiger partial charge in [-0.3, -0.25) is 4.79 Å². The van der Waals surface area contributed by atoms with E-state index in [-0.39, 0.29) is 5.78 Å². The van der Waals surface area contributed by atoms with Gasteiger partial charge in [0.25, 0.3) is 0 Å². The van der Waals surface area contributed by atoms with Crippen LogP contribution in [0.15, 0.2) is 24.3 Å². The van der Waals surface area contributed by atoms with Crippen LogP contribution in [0.2, 0.25) is 0 Å². The van der Waals surface area contributed by atoms with Crippen LogP contribution in [0.1, 0.15) is 19.3 Å². The van der Waals surface area contributed by atoms with E-state index in [9.17, 15) is 4.79 Å². The van der Waals surface area contributed by atoms with Crippen LogP contribution in [-0.4, -0.2) is 5.78 Å². The molecule has 9 heavy (non-hydrogen) atoms. The van der Waals surface area contributed by atoms with E-state index >= 15 is 0 Å². The molecule has 0 spiro atoms. The number of carbonyl (C=O) groups is 1. The van der Waals surface area contributed by atoms with Crippen molar-refractivity contribution in [1.29, 1.82) is 0 Å². The van der Waals surface area contributed by atoms with Gasteiger partial charge in [0.05, 0.1) is 0 Å². The third-order valence-electron chi connectivity index (χ3n) is 1.32. The van der Waals surface area contributed by atoms with Gasteiger partial charge >= 0.3 is 0 Å². The van der Waals surface area contributed by atoms with Crippen molar-refractivity contribution in [3.8, 4) is 0 Å². The second-order valence-electron chi connectivity index (χ2n) is 2.15. The number of hydrogen-bond donors (Lipinski definition) is 0. The molecule has 1 rings (SSSR count). The quantitative estimate of drug-likeness (QED) is 0.479. The van der Waals surface area contributed by atoms with Gasteiger partial charge in [0.2, 0.25) is 0 Å². The third kappa shape index (κ3) is 2.27. The van der Waals surface area contributed by atoms with Crippen LogP contribution in [0.5, 0.6) is 0 Å². The Morgan fingerprint density at radius 1 is 1.33 bits per heavy atom. The van der Waals surface area contributed by atoms with Gasteiger partial charge in [-0.2, -0.15) is 0 Å². The highest BCUT2D eigenvalue weighted by molar-refractivity contribution is 5.89. The third-order valence-corrected chi connectivity index (χ3v) is 1.32. The van der Waals surface area contributed by atoms with Gasteiger partial charge in [0.15, 0.2) is 5.78 Å². The molecule has 0 saturated carbocycles. The Kier molecular flexibility index (Phi) is 2.25. The Labute approximate surface area is 55.1 Å². The second kappa shape index (κ2) is 3.23. The standard InChI is InChI=1S/C8H10O/c9-8-6-4-2-1-3-5-7-8/h1-2,4,6H,3,5,7H2/b2-1-,6-4+. The van der Waals surface area contributed by atoms with Crippen LogP contribution in [0.4, 0.5) is 0 Å². The number of rotatable bonds is 0. The number of carbonyl (C=O) groups excluding carboxylic acids is 1. The van der Waals surface area contributed by atoms with Gasteiger partial charge in [0.1, 0.15) is 0 Å². The van der Waals surface area contributed by atoms with Crippen LogP contribution in [0.3, 0.4) is 0 Å². The highest BCUT2D eigenvalue weighted by Gasteiger charge is 1.95. The first kappa shape index (κ1) is 6.27. The zero-order valence-corrected chi connectivity index (χ0v) is 5.34. The lowest BCUT2D eigenvalue weighted by atomic mass is 10.1. The lowest BCUT2D eigenvalue weighted by Gasteiger charge is -1.94. The Balaban J connectivity index is 2.54. The van der Waals surface area contributed by atoms with E-state index in [1.54, 1.807) is 6.08 Å². The second-order valence-corrected chi connectivity index (χ2v) is 2.15. The summed E-state index contributed by atoms with van der Waals surface area (Å²) in [6, 6.07) is 0. The van der Waals surface area contributed by atoms with Gasteiger partial charge in [-0.15, -0.1) is 0 Å². The molecule has 0 saturated heterocycles. The van der Waals surface area contributed by atoms with Gasteiger partial charge in [-0.1, -0.05) is 18.2 Å². The number of hydrogen-bond acceptors (Lipinski definition) is 1. The van der Waals surface area contributed by atoms with E-state index < -0.39 is 0 Å². The number of allylic oxidation sites excluding steroid dienone is 4. The number of ketones is 1. The molecular weight excluding hydrogens is 112 g/mol. The summed E-state index contributed by atoms with van der Waals surface area (Å²) in [5, 5.41) is 0. The van der Waals surface area contributed by atoms with E-state index in [2.05, 4.69) is 6.08 Å². The van der Waals surface area contributed by atoms with Gasteiger partial charge < -0.3 is 0 Å². The molecule has 1 aliphatic rings. The first-order chi connectivity index (χ1) is 4.39. The van der Waals surface area contributed by atoms with Gasteiger partial charge in [-0.25, -0.2) is 0 Å². The summed E-state index contributed by atoms with van der Waals surface area (Å²) >= 11 is 0. The van der Waals surface area contributed by atoms with Crippen LogP contribution >= 0.6 is 0 Å². The Morgan fingerprint density at radius 3 is 3.11 bits per heavy atom. The molecule has 0 aliphatic heterocycles. The molecule has 1 aliphatic carbocycles. The van der Waals surface area contributed by atoms with E-state index in [0.29, 0.717) is 6.42 Å². The maximum Gasteiger partial charge on any atom is 0.155 e. The molecule has 0 aromatic rings. The fourth-order valence-electron chi connectivity index (χ4n) is 0.815. The van der Waals surface area contributed by atoms with Crippen molar-refractivity contribution in [2.24, 2.45) is 0 Å². The minimum atomic E-state index is 0.249. The Hall–Kier alpha value is -0.850. The molecule has 0 atom stereocenters. The molecular formula is C8H10O. The van der Waals surface area contributed by atoms with Crippen molar-refractivity contribution < 1.29 is 4.79 Å².